The summed E-state index contributed by atoms with van der Waals surface area (Å²) in [6.45, 7) is 3.32. The van der Waals surface area contributed by atoms with Crippen LogP contribution < -0.4 is 15.6 Å². The summed E-state index contributed by atoms with van der Waals surface area (Å²) in [6.07, 6.45) is 1.85. The van der Waals surface area contributed by atoms with E-state index in [1.807, 2.05) is 0 Å². The molecule has 1 unspecified atom stereocenters. The molecule has 0 bridgehead atoms. The monoisotopic (exact) mass is 382 g/mol. The Kier molecular flexibility index (Phi) is 6.50. The summed E-state index contributed by atoms with van der Waals surface area (Å²) in [5, 5.41) is 0.744. The predicted molar refractivity (Wildman–Crippen MR) is 95.3 cm³/mol. The van der Waals surface area contributed by atoms with Crippen LogP contribution in [0.5, 0.6) is 5.75 Å². The molecule has 0 saturated heterocycles. The van der Waals surface area contributed by atoms with Gasteiger partial charge in [0.1, 0.15) is 17.3 Å². The quantitative estimate of drug-likeness (QED) is 0.612. The first-order chi connectivity index (χ1) is 11.8. The van der Waals surface area contributed by atoms with E-state index in [1.165, 1.54) is 25.1 Å². The number of carbonyl (C=O) groups is 2. The second-order valence-corrected chi connectivity index (χ2v) is 5.94. The van der Waals surface area contributed by atoms with Crippen LogP contribution in [0.25, 0.3) is 6.08 Å². The second kappa shape index (κ2) is 8.60. The second-order valence-electron chi connectivity index (χ2n) is 5.10. The minimum atomic E-state index is -0.879. The smallest absolute Gasteiger partial charge is 0.279 e. The highest BCUT2D eigenvalue weighted by Gasteiger charge is 2.16. The Labute approximate surface area is 154 Å². The van der Waals surface area contributed by atoms with Gasteiger partial charge in [-0.1, -0.05) is 23.2 Å². The van der Waals surface area contributed by atoms with Gasteiger partial charge in [-0.2, -0.15) is 0 Å². The van der Waals surface area contributed by atoms with Gasteiger partial charge in [-0.25, -0.2) is 0 Å². The lowest BCUT2D eigenvalue weighted by Gasteiger charge is -2.15. The van der Waals surface area contributed by atoms with Crippen LogP contribution in [0.1, 0.15) is 18.4 Å². The third-order valence-corrected chi connectivity index (χ3v) is 3.57. The van der Waals surface area contributed by atoms with Crippen molar-refractivity contribution in [3.05, 3.63) is 58.0 Å². The van der Waals surface area contributed by atoms with E-state index in [1.54, 1.807) is 31.2 Å². The van der Waals surface area contributed by atoms with Gasteiger partial charge in [-0.05, 0) is 50.3 Å². The maximum atomic E-state index is 11.9. The van der Waals surface area contributed by atoms with Crippen molar-refractivity contribution in [3.63, 3.8) is 0 Å². The fraction of sp³-hybridized carbons (Fsp3) is 0.176. The van der Waals surface area contributed by atoms with Crippen LogP contribution in [0, 0.1) is 6.92 Å². The first kappa shape index (κ1) is 18.9. The van der Waals surface area contributed by atoms with E-state index in [-0.39, 0.29) is 5.02 Å². The molecule has 132 valence electrons. The zero-order valence-electron chi connectivity index (χ0n) is 13.5. The highest BCUT2D eigenvalue weighted by Crippen LogP contribution is 2.28. The van der Waals surface area contributed by atoms with Crippen molar-refractivity contribution in [2.45, 2.75) is 20.0 Å². The normalized spacial score (nSPS) is 12.0. The topological polar surface area (TPSA) is 80.6 Å². The molecule has 25 heavy (non-hydrogen) atoms. The highest BCUT2D eigenvalue weighted by molar-refractivity contribution is 6.35. The van der Waals surface area contributed by atoms with Crippen molar-refractivity contribution in [2.75, 3.05) is 0 Å². The third-order valence-electron chi connectivity index (χ3n) is 3.04. The average molecular weight is 383 g/mol. The Morgan fingerprint density at radius 1 is 1.20 bits per heavy atom. The Balaban J connectivity index is 1.82. The van der Waals surface area contributed by atoms with Crippen molar-refractivity contribution in [3.8, 4) is 5.75 Å². The molecule has 1 atom stereocenters. The van der Waals surface area contributed by atoms with Gasteiger partial charge in [0, 0.05) is 11.1 Å². The molecule has 0 saturated carbocycles. The van der Waals surface area contributed by atoms with Crippen molar-refractivity contribution in [1.82, 2.24) is 10.9 Å². The molecule has 2 aromatic rings. The van der Waals surface area contributed by atoms with Crippen molar-refractivity contribution in [2.24, 2.45) is 0 Å². The lowest BCUT2D eigenvalue weighted by atomic mass is 10.3. The number of aryl methyl sites for hydroxylation is 1. The first-order valence-electron chi connectivity index (χ1n) is 7.31. The number of halogens is 2. The van der Waals surface area contributed by atoms with E-state index in [0.29, 0.717) is 16.5 Å². The summed E-state index contributed by atoms with van der Waals surface area (Å²) in [5.41, 5.74) is 4.51. The number of rotatable bonds is 5. The molecule has 1 aromatic heterocycles. The number of carbonyl (C=O) groups excluding carboxylic acids is 2. The SMILES string of the molecule is Cc1ccc(C=CC(=O)NNC(=O)C(C)Oc2ccc(Cl)cc2Cl)o1. The maximum Gasteiger partial charge on any atom is 0.279 e. The lowest BCUT2D eigenvalue weighted by Crippen LogP contribution is -2.46. The minimum Gasteiger partial charge on any atom is -0.479 e. The molecule has 2 N–H and O–H groups in total. The van der Waals surface area contributed by atoms with Gasteiger partial charge in [-0.15, -0.1) is 0 Å². The number of hydrogen-bond donors (Lipinski definition) is 2. The fourth-order valence-electron chi connectivity index (χ4n) is 1.78. The Morgan fingerprint density at radius 3 is 2.60 bits per heavy atom. The molecule has 0 fully saturated rings. The van der Waals surface area contributed by atoms with Gasteiger partial charge in [0.2, 0.25) is 0 Å². The molecule has 0 spiro atoms. The van der Waals surface area contributed by atoms with E-state index in [9.17, 15) is 9.59 Å². The molecule has 8 heteroatoms. The van der Waals surface area contributed by atoms with E-state index in [2.05, 4.69) is 10.9 Å². The number of furan rings is 1. The molecular formula is C17H16Cl2N2O4. The van der Waals surface area contributed by atoms with Crippen LogP contribution in [0.3, 0.4) is 0 Å². The molecule has 2 amide bonds. The van der Waals surface area contributed by atoms with Gasteiger partial charge in [0.05, 0.1) is 5.02 Å². The summed E-state index contributed by atoms with van der Waals surface area (Å²) in [7, 11) is 0. The van der Waals surface area contributed by atoms with Crippen LogP contribution >= 0.6 is 23.2 Å². The van der Waals surface area contributed by atoms with Crippen molar-refractivity contribution < 1.29 is 18.7 Å². The molecule has 0 aliphatic rings. The molecule has 1 heterocycles. The summed E-state index contributed by atoms with van der Waals surface area (Å²) in [4.78, 5) is 23.6. The van der Waals surface area contributed by atoms with Crippen LogP contribution in [0.2, 0.25) is 10.0 Å². The first-order valence-corrected chi connectivity index (χ1v) is 8.07. The highest BCUT2D eigenvalue weighted by atomic mass is 35.5. The number of amides is 2. The molecule has 0 radical (unpaired) electrons. The third kappa shape index (κ3) is 5.85. The fourth-order valence-corrected chi connectivity index (χ4v) is 2.24. The Morgan fingerprint density at radius 2 is 1.96 bits per heavy atom. The Bertz CT molecular complexity index is 802. The summed E-state index contributed by atoms with van der Waals surface area (Å²) >= 11 is 11.8. The van der Waals surface area contributed by atoms with Gasteiger partial charge in [0.25, 0.3) is 11.8 Å². The number of ether oxygens (including phenoxy) is 1. The van der Waals surface area contributed by atoms with Gasteiger partial charge in [0.15, 0.2) is 6.10 Å². The zero-order valence-corrected chi connectivity index (χ0v) is 15.0. The summed E-state index contributed by atoms with van der Waals surface area (Å²) in [6, 6.07) is 8.16. The summed E-state index contributed by atoms with van der Waals surface area (Å²) < 4.78 is 10.7. The van der Waals surface area contributed by atoms with Crippen LogP contribution in [0.15, 0.2) is 40.8 Å². The van der Waals surface area contributed by atoms with E-state index >= 15 is 0 Å². The summed E-state index contributed by atoms with van der Waals surface area (Å²) in [5.74, 6) is 0.530. The van der Waals surface area contributed by atoms with Gasteiger partial charge in [-0.3, -0.25) is 20.4 Å². The van der Waals surface area contributed by atoms with Crippen molar-refractivity contribution in [1.29, 1.82) is 0 Å². The van der Waals surface area contributed by atoms with E-state index < -0.39 is 17.9 Å². The van der Waals surface area contributed by atoms with Gasteiger partial charge >= 0.3 is 0 Å². The molecule has 6 nitrogen and oxygen atoms in total. The van der Waals surface area contributed by atoms with Crippen LogP contribution in [0.4, 0.5) is 0 Å². The molecule has 0 aliphatic heterocycles. The number of hydrazine groups is 1. The minimum absolute atomic E-state index is 0.285. The lowest BCUT2D eigenvalue weighted by molar-refractivity contribution is -0.131. The van der Waals surface area contributed by atoms with Crippen molar-refractivity contribution >= 4 is 41.1 Å². The van der Waals surface area contributed by atoms with E-state index in [0.717, 1.165) is 5.76 Å². The molecule has 2 rings (SSSR count). The number of nitrogens with one attached hydrogen (secondary N) is 2. The molecule has 1 aromatic carbocycles. The predicted octanol–water partition coefficient (Wildman–Crippen LogP) is 3.52. The number of hydrogen-bond acceptors (Lipinski definition) is 4. The van der Waals surface area contributed by atoms with E-state index in [4.69, 9.17) is 32.4 Å². The standard InChI is InChI=1S/C17H16Cl2N2O4/c1-10-3-5-13(24-10)6-8-16(22)20-21-17(23)11(2)25-15-7-4-12(18)9-14(15)19/h3-9,11H,1-2H3,(H,20,22)(H,21,23). The van der Waals surface area contributed by atoms with Crippen LogP contribution in [-0.4, -0.2) is 17.9 Å². The van der Waals surface area contributed by atoms with Gasteiger partial charge < -0.3 is 9.15 Å². The van der Waals surface area contributed by atoms with Crippen LogP contribution in [-0.2, 0) is 9.59 Å². The molecular weight excluding hydrogens is 367 g/mol. The number of benzene rings is 1. The Hall–Kier alpha value is -2.44. The largest absolute Gasteiger partial charge is 0.479 e. The zero-order chi connectivity index (χ0) is 18.4. The molecule has 0 aliphatic carbocycles. The average Bonchev–Trinajstić information content (AvgIpc) is 2.98. The maximum absolute atomic E-state index is 11.9.